The Balaban J connectivity index is 1.86. The zero-order valence-electron chi connectivity index (χ0n) is 8.03. The first-order valence-corrected chi connectivity index (χ1v) is 6.19. The number of likely N-dealkylation sites (tertiary alicyclic amines) is 1. The van der Waals surface area contributed by atoms with Crippen LogP contribution in [0, 0.1) is 5.92 Å². The highest BCUT2D eigenvalue weighted by molar-refractivity contribution is 6.99. The molecule has 0 aromatic carbocycles. The van der Waals surface area contributed by atoms with Gasteiger partial charge in [0.15, 0.2) is 0 Å². The topological polar surface area (TPSA) is 29.0 Å². The molecule has 3 nitrogen and oxygen atoms in total. The van der Waals surface area contributed by atoms with E-state index in [0.717, 1.165) is 24.7 Å². The second-order valence-electron chi connectivity index (χ2n) is 3.80. The van der Waals surface area contributed by atoms with Crippen molar-refractivity contribution in [1.29, 1.82) is 0 Å². The number of nitrogens with zero attached hydrogens (tertiary/aromatic N) is 3. The molecule has 1 atom stereocenters. The molecule has 0 aliphatic carbocycles. The Hall–Kier alpha value is -0.190. The van der Waals surface area contributed by atoms with Gasteiger partial charge in [0.25, 0.3) is 0 Å². The van der Waals surface area contributed by atoms with Crippen LogP contribution in [-0.4, -0.2) is 32.6 Å². The SMILES string of the molecule is ClCC1CCCN(Cc2cnsn2)C1. The highest BCUT2D eigenvalue weighted by Gasteiger charge is 2.19. The molecule has 1 fully saturated rings. The number of piperidine rings is 1. The summed E-state index contributed by atoms with van der Waals surface area (Å²) in [5.41, 5.74) is 1.09. The molecule has 1 unspecified atom stereocenters. The Bertz CT molecular complexity index is 265. The number of hydrogen-bond donors (Lipinski definition) is 0. The predicted molar refractivity (Wildman–Crippen MR) is 58.6 cm³/mol. The predicted octanol–water partition coefficient (Wildman–Crippen LogP) is 1.99. The van der Waals surface area contributed by atoms with Crippen molar-refractivity contribution >= 4 is 23.3 Å². The molecule has 2 heterocycles. The van der Waals surface area contributed by atoms with Crippen molar-refractivity contribution < 1.29 is 0 Å². The number of halogens is 1. The molecule has 78 valence electrons. The van der Waals surface area contributed by atoms with E-state index >= 15 is 0 Å². The van der Waals surface area contributed by atoms with E-state index in [2.05, 4.69) is 13.6 Å². The molecule has 0 amide bonds. The Morgan fingerprint density at radius 2 is 2.57 bits per heavy atom. The third kappa shape index (κ3) is 2.65. The fourth-order valence-electron chi connectivity index (χ4n) is 1.90. The quantitative estimate of drug-likeness (QED) is 0.746. The van der Waals surface area contributed by atoms with Gasteiger partial charge >= 0.3 is 0 Å². The molecule has 1 aliphatic rings. The summed E-state index contributed by atoms with van der Waals surface area (Å²) in [6.45, 7) is 3.22. The average Bonchev–Trinajstić information content (AvgIpc) is 2.71. The van der Waals surface area contributed by atoms with E-state index in [-0.39, 0.29) is 0 Å². The van der Waals surface area contributed by atoms with E-state index in [1.807, 2.05) is 6.20 Å². The maximum atomic E-state index is 5.87. The van der Waals surface area contributed by atoms with E-state index in [9.17, 15) is 0 Å². The van der Waals surface area contributed by atoms with E-state index in [4.69, 9.17) is 11.6 Å². The average molecular weight is 232 g/mol. The Morgan fingerprint density at radius 1 is 1.64 bits per heavy atom. The van der Waals surface area contributed by atoms with Crippen LogP contribution in [0.4, 0.5) is 0 Å². The summed E-state index contributed by atoms with van der Waals surface area (Å²) in [4.78, 5) is 2.42. The lowest BCUT2D eigenvalue weighted by Gasteiger charge is -2.30. The van der Waals surface area contributed by atoms with Crippen molar-refractivity contribution in [2.45, 2.75) is 19.4 Å². The molecule has 0 spiro atoms. The van der Waals surface area contributed by atoms with Crippen molar-refractivity contribution in [3.8, 4) is 0 Å². The van der Waals surface area contributed by atoms with Gasteiger partial charge < -0.3 is 0 Å². The summed E-state index contributed by atoms with van der Waals surface area (Å²) in [6.07, 6.45) is 4.39. The Morgan fingerprint density at radius 3 is 3.29 bits per heavy atom. The minimum atomic E-state index is 0.664. The standard InChI is InChI=1S/C9H14ClN3S/c10-4-8-2-1-3-13(6-8)7-9-5-11-14-12-9/h5,8H,1-4,6-7H2. The molecule has 0 N–H and O–H groups in total. The molecule has 1 aliphatic heterocycles. The minimum Gasteiger partial charge on any atom is -0.297 e. The van der Waals surface area contributed by atoms with Crippen LogP contribution in [0.25, 0.3) is 0 Å². The zero-order chi connectivity index (χ0) is 9.80. The summed E-state index contributed by atoms with van der Waals surface area (Å²) < 4.78 is 8.22. The third-order valence-corrected chi connectivity index (χ3v) is 3.57. The van der Waals surface area contributed by atoms with Gasteiger partial charge in [-0.2, -0.15) is 8.75 Å². The second kappa shape index (κ2) is 5.05. The molecule has 1 aromatic heterocycles. The lowest BCUT2D eigenvalue weighted by Crippen LogP contribution is -2.35. The largest absolute Gasteiger partial charge is 0.297 e. The monoisotopic (exact) mass is 231 g/mol. The number of alkyl halides is 1. The molecule has 1 saturated heterocycles. The molecule has 0 radical (unpaired) electrons. The first kappa shape index (κ1) is 10.3. The van der Waals surface area contributed by atoms with Crippen LogP contribution < -0.4 is 0 Å². The Kier molecular flexibility index (Phi) is 3.73. The molecular weight excluding hydrogens is 218 g/mol. The van der Waals surface area contributed by atoms with Crippen molar-refractivity contribution in [2.24, 2.45) is 5.92 Å². The fraction of sp³-hybridized carbons (Fsp3) is 0.778. The number of rotatable bonds is 3. The van der Waals surface area contributed by atoms with Crippen molar-refractivity contribution in [3.63, 3.8) is 0 Å². The molecule has 5 heteroatoms. The molecule has 0 bridgehead atoms. The van der Waals surface area contributed by atoms with Gasteiger partial charge in [-0.1, -0.05) is 0 Å². The van der Waals surface area contributed by atoms with E-state index in [1.54, 1.807) is 0 Å². The molecular formula is C9H14ClN3S. The highest BCUT2D eigenvalue weighted by Crippen LogP contribution is 2.18. The van der Waals surface area contributed by atoms with Crippen LogP contribution in [0.5, 0.6) is 0 Å². The molecule has 2 rings (SSSR count). The van der Waals surface area contributed by atoms with E-state index < -0.39 is 0 Å². The molecule has 1 aromatic rings. The lowest BCUT2D eigenvalue weighted by atomic mass is 10.00. The van der Waals surface area contributed by atoms with Crippen LogP contribution in [0.15, 0.2) is 6.20 Å². The number of aromatic nitrogens is 2. The first-order chi connectivity index (χ1) is 6.88. The smallest absolute Gasteiger partial charge is 0.0883 e. The first-order valence-electron chi connectivity index (χ1n) is 4.93. The maximum Gasteiger partial charge on any atom is 0.0883 e. The molecule has 0 saturated carbocycles. The summed E-state index contributed by atoms with van der Waals surface area (Å²) in [5, 5.41) is 0. The van der Waals surface area contributed by atoms with Crippen molar-refractivity contribution in [2.75, 3.05) is 19.0 Å². The van der Waals surface area contributed by atoms with Crippen LogP contribution in [0.1, 0.15) is 18.5 Å². The maximum absolute atomic E-state index is 5.87. The van der Waals surface area contributed by atoms with Gasteiger partial charge in [-0.05, 0) is 25.3 Å². The normalized spacial score (nSPS) is 23.9. The minimum absolute atomic E-state index is 0.664. The number of hydrogen-bond acceptors (Lipinski definition) is 4. The third-order valence-electron chi connectivity index (χ3n) is 2.61. The van der Waals surface area contributed by atoms with E-state index in [0.29, 0.717) is 5.92 Å². The highest BCUT2D eigenvalue weighted by atomic mass is 35.5. The van der Waals surface area contributed by atoms with Gasteiger partial charge in [-0.15, -0.1) is 11.6 Å². The zero-order valence-corrected chi connectivity index (χ0v) is 9.60. The lowest BCUT2D eigenvalue weighted by molar-refractivity contribution is 0.176. The van der Waals surface area contributed by atoms with Gasteiger partial charge in [0.05, 0.1) is 23.6 Å². The van der Waals surface area contributed by atoms with Crippen molar-refractivity contribution in [1.82, 2.24) is 13.6 Å². The summed E-state index contributed by atoms with van der Waals surface area (Å²) >= 11 is 7.16. The molecule has 14 heavy (non-hydrogen) atoms. The van der Waals surface area contributed by atoms with Gasteiger partial charge in [0, 0.05) is 19.0 Å². The van der Waals surface area contributed by atoms with E-state index in [1.165, 1.54) is 31.1 Å². The van der Waals surface area contributed by atoms with Gasteiger partial charge in [-0.25, -0.2) is 0 Å². The fourth-order valence-corrected chi connectivity index (χ4v) is 2.58. The summed E-state index contributed by atoms with van der Waals surface area (Å²) in [5.74, 6) is 1.45. The summed E-state index contributed by atoms with van der Waals surface area (Å²) in [6, 6.07) is 0. The van der Waals surface area contributed by atoms with Crippen LogP contribution >= 0.6 is 23.3 Å². The van der Waals surface area contributed by atoms with Gasteiger partial charge in [0.2, 0.25) is 0 Å². The Labute approximate surface area is 93.4 Å². The van der Waals surface area contributed by atoms with Crippen LogP contribution in [0.3, 0.4) is 0 Å². The van der Waals surface area contributed by atoms with Gasteiger partial charge in [-0.3, -0.25) is 4.90 Å². The van der Waals surface area contributed by atoms with Crippen molar-refractivity contribution in [3.05, 3.63) is 11.9 Å². The van der Waals surface area contributed by atoms with Crippen LogP contribution in [-0.2, 0) is 6.54 Å². The van der Waals surface area contributed by atoms with Crippen LogP contribution in [0.2, 0.25) is 0 Å². The second-order valence-corrected chi connectivity index (χ2v) is 4.66. The summed E-state index contributed by atoms with van der Waals surface area (Å²) in [7, 11) is 0. The van der Waals surface area contributed by atoms with Gasteiger partial charge in [0.1, 0.15) is 0 Å².